The van der Waals surface area contributed by atoms with Crippen molar-refractivity contribution >= 4 is 11.8 Å². The van der Waals surface area contributed by atoms with E-state index in [1.165, 1.54) is 13.3 Å². The molecule has 1 atom stereocenters. The Kier molecular flexibility index (Phi) is 4.29. The maximum atomic E-state index is 13.8. The van der Waals surface area contributed by atoms with Crippen molar-refractivity contribution in [1.29, 1.82) is 0 Å². The zero-order valence-corrected chi connectivity index (χ0v) is 10.9. The van der Waals surface area contributed by atoms with E-state index >= 15 is 0 Å². The zero-order valence-electron chi connectivity index (χ0n) is 10.9. The molecule has 0 radical (unpaired) electrons. The molecule has 2 rings (SSSR count). The number of aliphatic carboxylic acids is 1. The van der Waals surface area contributed by atoms with E-state index in [1.807, 2.05) is 0 Å². The quantitative estimate of drug-likeness (QED) is 0.876. The summed E-state index contributed by atoms with van der Waals surface area (Å²) in [6.45, 7) is 1.53. The van der Waals surface area contributed by atoms with Crippen LogP contribution in [0.4, 0.5) is 10.2 Å². The summed E-state index contributed by atoms with van der Waals surface area (Å²) in [5, 5.41) is 12.1. The predicted molar refractivity (Wildman–Crippen MR) is 68.3 cm³/mol. The average molecular weight is 267 g/mol. The Morgan fingerprint density at radius 1 is 1.42 bits per heavy atom. The van der Waals surface area contributed by atoms with Gasteiger partial charge in [-0.1, -0.05) is 19.3 Å². The number of aryl methyl sites for hydroxylation is 1. The Bertz CT molecular complexity index is 461. The van der Waals surface area contributed by atoms with Gasteiger partial charge in [0, 0.05) is 0 Å². The van der Waals surface area contributed by atoms with Crippen molar-refractivity contribution in [1.82, 2.24) is 9.97 Å². The third-order valence-corrected chi connectivity index (χ3v) is 3.64. The van der Waals surface area contributed by atoms with E-state index in [2.05, 4.69) is 15.3 Å². The van der Waals surface area contributed by atoms with Crippen molar-refractivity contribution in [3.05, 3.63) is 17.8 Å². The first-order chi connectivity index (χ1) is 9.09. The van der Waals surface area contributed by atoms with Gasteiger partial charge in [-0.15, -0.1) is 0 Å². The lowest BCUT2D eigenvalue weighted by Gasteiger charge is -2.28. The van der Waals surface area contributed by atoms with Crippen LogP contribution >= 0.6 is 0 Å². The van der Waals surface area contributed by atoms with Crippen molar-refractivity contribution in [2.24, 2.45) is 5.92 Å². The summed E-state index contributed by atoms with van der Waals surface area (Å²) in [6.07, 6.45) is 6.15. The third-order valence-electron chi connectivity index (χ3n) is 3.64. The Morgan fingerprint density at radius 3 is 2.74 bits per heavy atom. The number of anilines is 1. The average Bonchev–Trinajstić information content (AvgIpc) is 2.41. The number of hydrogen-bond donors (Lipinski definition) is 2. The smallest absolute Gasteiger partial charge is 0.326 e. The molecule has 1 fully saturated rings. The van der Waals surface area contributed by atoms with Crippen LogP contribution in [-0.4, -0.2) is 27.1 Å². The topological polar surface area (TPSA) is 75.1 Å². The maximum absolute atomic E-state index is 13.8. The fourth-order valence-electron chi connectivity index (χ4n) is 2.55. The summed E-state index contributed by atoms with van der Waals surface area (Å²) in [5.41, 5.74) is 0.213. The Labute approximate surface area is 111 Å². The molecule has 1 saturated carbocycles. The van der Waals surface area contributed by atoms with Gasteiger partial charge in [-0.2, -0.15) is 0 Å². The molecule has 0 aliphatic heterocycles. The van der Waals surface area contributed by atoms with E-state index in [9.17, 15) is 14.3 Å². The minimum Gasteiger partial charge on any atom is -0.480 e. The van der Waals surface area contributed by atoms with Crippen molar-refractivity contribution in [2.75, 3.05) is 5.32 Å². The molecule has 0 aromatic carbocycles. The molecule has 1 aromatic heterocycles. The lowest BCUT2D eigenvalue weighted by Crippen LogP contribution is -2.38. The van der Waals surface area contributed by atoms with Gasteiger partial charge in [0.05, 0.1) is 5.69 Å². The highest BCUT2D eigenvalue weighted by molar-refractivity contribution is 5.77. The van der Waals surface area contributed by atoms with Gasteiger partial charge < -0.3 is 10.4 Å². The summed E-state index contributed by atoms with van der Waals surface area (Å²) in [6, 6.07) is -0.788. The van der Waals surface area contributed by atoms with Gasteiger partial charge in [0.2, 0.25) is 0 Å². The number of halogens is 1. The van der Waals surface area contributed by atoms with Crippen LogP contribution in [0.3, 0.4) is 0 Å². The molecule has 0 saturated heterocycles. The van der Waals surface area contributed by atoms with Crippen LogP contribution in [0.1, 0.15) is 37.8 Å². The lowest BCUT2D eigenvalue weighted by atomic mass is 9.84. The predicted octanol–water partition coefficient (Wildman–Crippen LogP) is 2.37. The summed E-state index contributed by atoms with van der Waals surface area (Å²) in [5.74, 6) is -1.53. The number of nitrogens with one attached hydrogen (secondary N) is 1. The molecule has 5 nitrogen and oxygen atoms in total. The second kappa shape index (κ2) is 5.95. The largest absolute Gasteiger partial charge is 0.480 e. The monoisotopic (exact) mass is 267 g/mol. The number of carboxylic acids is 1. The second-order valence-corrected chi connectivity index (χ2v) is 4.98. The summed E-state index contributed by atoms with van der Waals surface area (Å²) in [4.78, 5) is 18.9. The van der Waals surface area contributed by atoms with E-state index in [0.717, 1.165) is 32.1 Å². The fraction of sp³-hybridized carbons (Fsp3) is 0.615. The van der Waals surface area contributed by atoms with Gasteiger partial charge in [0.1, 0.15) is 12.4 Å². The molecule has 1 aromatic rings. The van der Waals surface area contributed by atoms with Gasteiger partial charge in [-0.05, 0) is 25.7 Å². The van der Waals surface area contributed by atoms with Crippen LogP contribution < -0.4 is 5.32 Å². The van der Waals surface area contributed by atoms with Crippen molar-refractivity contribution < 1.29 is 14.3 Å². The van der Waals surface area contributed by atoms with Crippen LogP contribution in [0.2, 0.25) is 0 Å². The van der Waals surface area contributed by atoms with E-state index in [4.69, 9.17) is 0 Å². The minimum atomic E-state index is -0.956. The van der Waals surface area contributed by atoms with Gasteiger partial charge >= 0.3 is 5.97 Å². The molecule has 1 aliphatic rings. The molecule has 0 spiro atoms. The third kappa shape index (κ3) is 3.19. The number of hydrogen-bond acceptors (Lipinski definition) is 4. The Balaban J connectivity index is 2.16. The molecule has 0 bridgehead atoms. The number of aromatic nitrogens is 2. The van der Waals surface area contributed by atoms with E-state index in [1.54, 1.807) is 0 Å². The first-order valence-electron chi connectivity index (χ1n) is 6.56. The Hall–Kier alpha value is -1.72. The molecule has 104 valence electrons. The second-order valence-electron chi connectivity index (χ2n) is 4.98. The standard InChI is InChI=1S/C13H18FN3O2/c1-8-10(14)12(16-7-15-8)17-11(13(18)19)9-5-3-2-4-6-9/h7,9,11H,2-6H2,1H3,(H,18,19)(H,15,16,17). The SMILES string of the molecule is Cc1ncnc(NC(C(=O)O)C2CCCCC2)c1F. The molecule has 6 heteroatoms. The first-order valence-corrected chi connectivity index (χ1v) is 6.56. The molecule has 1 aliphatic carbocycles. The van der Waals surface area contributed by atoms with Crippen LogP contribution in [0, 0.1) is 18.7 Å². The van der Waals surface area contributed by atoms with Crippen LogP contribution in [0.5, 0.6) is 0 Å². The molecular formula is C13H18FN3O2. The summed E-state index contributed by atoms with van der Waals surface area (Å²) < 4.78 is 13.8. The van der Waals surface area contributed by atoms with Crippen LogP contribution in [0.25, 0.3) is 0 Å². The maximum Gasteiger partial charge on any atom is 0.326 e. The minimum absolute atomic E-state index is 0.0227. The fourth-order valence-corrected chi connectivity index (χ4v) is 2.55. The van der Waals surface area contributed by atoms with Crippen LogP contribution in [-0.2, 0) is 4.79 Å². The molecule has 1 unspecified atom stereocenters. The van der Waals surface area contributed by atoms with Crippen molar-refractivity contribution in [3.8, 4) is 0 Å². The summed E-state index contributed by atoms with van der Waals surface area (Å²) >= 11 is 0. The van der Waals surface area contributed by atoms with Gasteiger partial charge in [-0.25, -0.2) is 19.2 Å². The number of nitrogens with zero attached hydrogens (tertiary/aromatic N) is 2. The zero-order chi connectivity index (χ0) is 13.8. The lowest BCUT2D eigenvalue weighted by molar-refractivity contribution is -0.139. The summed E-state index contributed by atoms with van der Waals surface area (Å²) in [7, 11) is 0. The first kappa shape index (κ1) is 13.7. The highest BCUT2D eigenvalue weighted by Gasteiger charge is 2.30. The normalized spacial score (nSPS) is 18.0. The van der Waals surface area contributed by atoms with E-state index in [-0.39, 0.29) is 17.4 Å². The Morgan fingerprint density at radius 2 is 2.11 bits per heavy atom. The highest BCUT2D eigenvalue weighted by atomic mass is 19.1. The molecule has 2 N–H and O–H groups in total. The molecule has 1 heterocycles. The van der Waals surface area contributed by atoms with E-state index < -0.39 is 17.8 Å². The van der Waals surface area contributed by atoms with Crippen molar-refractivity contribution in [3.63, 3.8) is 0 Å². The number of rotatable bonds is 4. The molecule has 19 heavy (non-hydrogen) atoms. The highest BCUT2D eigenvalue weighted by Crippen LogP contribution is 2.28. The van der Waals surface area contributed by atoms with Crippen molar-refractivity contribution in [2.45, 2.75) is 45.1 Å². The van der Waals surface area contributed by atoms with Crippen LogP contribution in [0.15, 0.2) is 6.33 Å². The van der Waals surface area contributed by atoms with E-state index in [0.29, 0.717) is 0 Å². The van der Waals surface area contributed by atoms with Gasteiger partial charge in [-0.3, -0.25) is 0 Å². The van der Waals surface area contributed by atoms with Gasteiger partial charge in [0.15, 0.2) is 11.6 Å². The number of carboxylic acid groups (broad SMARTS) is 1. The van der Waals surface area contributed by atoms with Gasteiger partial charge in [0.25, 0.3) is 0 Å². The molecular weight excluding hydrogens is 249 g/mol. The number of carbonyl (C=O) groups is 1. The molecule has 0 amide bonds.